The van der Waals surface area contributed by atoms with Crippen LogP contribution in [0.3, 0.4) is 0 Å². The highest BCUT2D eigenvalue weighted by molar-refractivity contribution is 9.09. The molecule has 1 aliphatic carbocycles. The quantitative estimate of drug-likeness (QED) is 0.645. The summed E-state index contributed by atoms with van der Waals surface area (Å²) in [6.07, 6.45) is 5.84. The standard InChI is InChI=1S/C12H23Br/c1-9-4-10(2)6-12(5-9)7-11(3)8-13/h9-12H,4-8H2,1-3H3. The molecular weight excluding hydrogens is 224 g/mol. The Balaban J connectivity index is 2.32. The molecule has 0 amide bonds. The number of rotatable bonds is 3. The van der Waals surface area contributed by atoms with E-state index in [0.717, 1.165) is 23.7 Å². The van der Waals surface area contributed by atoms with Crippen LogP contribution in [0.2, 0.25) is 0 Å². The van der Waals surface area contributed by atoms with Crippen molar-refractivity contribution in [1.29, 1.82) is 0 Å². The summed E-state index contributed by atoms with van der Waals surface area (Å²) in [5.74, 6) is 3.81. The molecule has 0 aromatic rings. The van der Waals surface area contributed by atoms with Gasteiger partial charge in [-0.05, 0) is 49.4 Å². The molecule has 0 N–H and O–H groups in total. The fourth-order valence-electron chi connectivity index (χ4n) is 2.94. The van der Waals surface area contributed by atoms with Crippen molar-refractivity contribution in [1.82, 2.24) is 0 Å². The minimum atomic E-state index is 0.863. The Hall–Kier alpha value is 0.480. The van der Waals surface area contributed by atoms with E-state index in [0.29, 0.717) is 0 Å². The van der Waals surface area contributed by atoms with Gasteiger partial charge in [-0.1, -0.05) is 36.7 Å². The Bertz CT molecular complexity index is 134. The molecule has 0 aliphatic heterocycles. The Morgan fingerprint density at radius 2 is 1.69 bits per heavy atom. The van der Waals surface area contributed by atoms with Crippen LogP contribution in [0.25, 0.3) is 0 Å². The van der Waals surface area contributed by atoms with Gasteiger partial charge in [-0.15, -0.1) is 0 Å². The highest BCUT2D eigenvalue weighted by Gasteiger charge is 2.24. The van der Waals surface area contributed by atoms with Crippen LogP contribution in [0.4, 0.5) is 0 Å². The summed E-state index contributed by atoms with van der Waals surface area (Å²) >= 11 is 3.57. The van der Waals surface area contributed by atoms with Gasteiger partial charge in [-0.25, -0.2) is 0 Å². The number of hydrogen-bond donors (Lipinski definition) is 0. The average molecular weight is 247 g/mol. The molecular formula is C12H23Br. The highest BCUT2D eigenvalue weighted by atomic mass is 79.9. The van der Waals surface area contributed by atoms with Crippen molar-refractivity contribution in [2.75, 3.05) is 5.33 Å². The van der Waals surface area contributed by atoms with Crippen molar-refractivity contribution < 1.29 is 0 Å². The van der Waals surface area contributed by atoms with Crippen molar-refractivity contribution in [3.8, 4) is 0 Å². The molecule has 0 bridgehead atoms. The first-order valence-corrected chi connectivity index (χ1v) is 6.80. The Morgan fingerprint density at radius 1 is 1.15 bits per heavy atom. The number of halogens is 1. The van der Waals surface area contributed by atoms with Gasteiger partial charge in [0.05, 0.1) is 0 Å². The van der Waals surface area contributed by atoms with Crippen LogP contribution in [0, 0.1) is 23.7 Å². The fourth-order valence-corrected chi connectivity index (χ4v) is 3.20. The molecule has 0 heterocycles. The molecule has 1 rings (SSSR count). The highest BCUT2D eigenvalue weighted by Crippen LogP contribution is 2.36. The van der Waals surface area contributed by atoms with E-state index in [1.807, 2.05) is 0 Å². The molecule has 0 radical (unpaired) electrons. The molecule has 13 heavy (non-hydrogen) atoms. The van der Waals surface area contributed by atoms with Crippen LogP contribution in [-0.4, -0.2) is 5.33 Å². The number of hydrogen-bond acceptors (Lipinski definition) is 0. The van der Waals surface area contributed by atoms with E-state index in [4.69, 9.17) is 0 Å². The third-order valence-electron chi connectivity index (χ3n) is 3.28. The molecule has 0 aromatic carbocycles. The minimum Gasteiger partial charge on any atom is -0.0925 e. The van der Waals surface area contributed by atoms with Gasteiger partial charge in [-0.3, -0.25) is 0 Å². The Labute approximate surface area is 91.6 Å². The summed E-state index contributed by atoms with van der Waals surface area (Å²) in [7, 11) is 0. The second-order valence-corrected chi connectivity index (χ2v) is 5.93. The summed E-state index contributed by atoms with van der Waals surface area (Å²) in [6, 6.07) is 0. The molecule has 0 saturated heterocycles. The zero-order valence-electron chi connectivity index (χ0n) is 9.22. The van der Waals surface area contributed by atoms with Gasteiger partial charge in [0.2, 0.25) is 0 Å². The summed E-state index contributed by atoms with van der Waals surface area (Å²) in [5.41, 5.74) is 0. The van der Waals surface area contributed by atoms with Crippen molar-refractivity contribution in [2.45, 2.75) is 46.5 Å². The van der Waals surface area contributed by atoms with Gasteiger partial charge in [0, 0.05) is 5.33 Å². The second kappa shape index (κ2) is 5.38. The zero-order chi connectivity index (χ0) is 9.84. The molecule has 3 atom stereocenters. The maximum atomic E-state index is 3.57. The first-order chi connectivity index (χ1) is 6.11. The van der Waals surface area contributed by atoms with E-state index in [2.05, 4.69) is 36.7 Å². The van der Waals surface area contributed by atoms with Crippen LogP contribution in [0.15, 0.2) is 0 Å². The van der Waals surface area contributed by atoms with Crippen molar-refractivity contribution in [3.05, 3.63) is 0 Å². The van der Waals surface area contributed by atoms with Gasteiger partial charge in [0.15, 0.2) is 0 Å². The maximum absolute atomic E-state index is 3.57. The lowest BCUT2D eigenvalue weighted by Gasteiger charge is -2.32. The summed E-state index contributed by atoms with van der Waals surface area (Å²) < 4.78 is 0. The van der Waals surface area contributed by atoms with Crippen molar-refractivity contribution in [2.24, 2.45) is 23.7 Å². The smallest absolute Gasteiger partial charge is 0.00571 e. The van der Waals surface area contributed by atoms with Crippen LogP contribution in [0.1, 0.15) is 46.5 Å². The Morgan fingerprint density at radius 3 is 2.15 bits per heavy atom. The SMILES string of the molecule is CC(CBr)CC1CC(C)CC(C)C1. The van der Waals surface area contributed by atoms with Crippen LogP contribution in [0.5, 0.6) is 0 Å². The fraction of sp³-hybridized carbons (Fsp3) is 1.00. The first-order valence-electron chi connectivity index (χ1n) is 5.67. The van der Waals surface area contributed by atoms with Crippen LogP contribution in [-0.2, 0) is 0 Å². The molecule has 1 aliphatic rings. The van der Waals surface area contributed by atoms with Gasteiger partial charge in [-0.2, -0.15) is 0 Å². The van der Waals surface area contributed by atoms with Crippen molar-refractivity contribution >= 4 is 15.9 Å². The van der Waals surface area contributed by atoms with E-state index in [9.17, 15) is 0 Å². The topological polar surface area (TPSA) is 0 Å². The lowest BCUT2D eigenvalue weighted by Crippen LogP contribution is -2.21. The predicted octanol–water partition coefficient (Wildman–Crippen LogP) is 4.48. The van der Waals surface area contributed by atoms with E-state index >= 15 is 0 Å². The van der Waals surface area contributed by atoms with Gasteiger partial charge < -0.3 is 0 Å². The molecule has 0 aromatic heterocycles. The molecule has 1 heteroatoms. The molecule has 1 fully saturated rings. The van der Waals surface area contributed by atoms with Gasteiger partial charge >= 0.3 is 0 Å². The molecule has 3 unspecified atom stereocenters. The van der Waals surface area contributed by atoms with Crippen molar-refractivity contribution in [3.63, 3.8) is 0 Å². The molecule has 0 nitrogen and oxygen atoms in total. The van der Waals surface area contributed by atoms with E-state index in [1.54, 1.807) is 0 Å². The second-order valence-electron chi connectivity index (χ2n) is 5.28. The molecule has 1 saturated carbocycles. The lowest BCUT2D eigenvalue weighted by atomic mass is 9.74. The largest absolute Gasteiger partial charge is 0.0925 e. The average Bonchev–Trinajstić information content (AvgIpc) is 2.02. The van der Waals surface area contributed by atoms with E-state index in [-0.39, 0.29) is 0 Å². The summed E-state index contributed by atoms with van der Waals surface area (Å²) in [4.78, 5) is 0. The first kappa shape index (κ1) is 11.6. The maximum Gasteiger partial charge on any atom is 0.00571 e. The third kappa shape index (κ3) is 4.01. The number of alkyl halides is 1. The van der Waals surface area contributed by atoms with Crippen LogP contribution >= 0.6 is 15.9 Å². The lowest BCUT2D eigenvalue weighted by molar-refractivity contribution is 0.196. The molecule has 78 valence electrons. The van der Waals surface area contributed by atoms with E-state index < -0.39 is 0 Å². The molecule has 0 spiro atoms. The zero-order valence-corrected chi connectivity index (χ0v) is 10.8. The predicted molar refractivity (Wildman–Crippen MR) is 63.2 cm³/mol. The third-order valence-corrected chi connectivity index (χ3v) is 4.38. The minimum absolute atomic E-state index is 0.863. The summed E-state index contributed by atoms with van der Waals surface area (Å²) in [6.45, 7) is 7.20. The van der Waals surface area contributed by atoms with E-state index in [1.165, 1.54) is 31.0 Å². The van der Waals surface area contributed by atoms with Gasteiger partial charge in [0.1, 0.15) is 0 Å². The van der Waals surface area contributed by atoms with Crippen LogP contribution < -0.4 is 0 Å². The monoisotopic (exact) mass is 246 g/mol. The normalized spacial score (nSPS) is 37.4. The Kier molecular flexibility index (Phi) is 4.78. The summed E-state index contributed by atoms with van der Waals surface area (Å²) in [5, 5.41) is 1.17. The van der Waals surface area contributed by atoms with Gasteiger partial charge in [0.25, 0.3) is 0 Å².